The second-order valence-corrected chi connectivity index (χ2v) is 4.04. The SMILES string of the molecule is FCCCCCCCCCCC[P]. The summed E-state index contributed by atoms with van der Waals surface area (Å²) in [5.74, 6) is 0. The van der Waals surface area contributed by atoms with E-state index in [0.29, 0.717) is 0 Å². The maximum Gasteiger partial charge on any atom is 0.0894 e. The van der Waals surface area contributed by atoms with Crippen LogP contribution in [0.4, 0.5) is 4.39 Å². The first-order valence-corrected chi connectivity index (χ1v) is 6.22. The minimum atomic E-state index is -0.137. The van der Waals surface area contributed by atoms with Crippen molar-refractivity contribution >= 4 is 9.24 Å². The maximum absolute atomic E-state index is 11.7. The normalized spacial score (nSPS) is 10.6. The van der Waals surface area contributed by atoms with Gasteiger partial charge in [-0.2, -0.15) is 0 Å². The van der Waals surface area contributed by atoms with Crippen molar-refractivity contribution in [1.82, 2.24) is 0 Å². The lowest BCUT2D eigenvalue weighted by atomic mass is 10.1. The Morgan fingerprint density at radius 3 is 1.38 bits per heavy atom. The summed E-state index contributed by atoms with van der Waals surface area (Å²) < 4.78 is 11.7. The van der Waals surface area contributed by atoms with Crippen LogP contribution in [0.15, 0.2) is 0 Å². The van der Waals surface area contributed by atoms with Crippen molar-refractivity contribution in [3.8, 4) is 0 Å². The highest BCUT2D eigenvalue weighted by atomic mass is 31.0. The molecule has 0 saturated carbocycles. The third-order valence-electron chi connectivity index (χ3n) is 2.29. The van der Waals surface area contributed by atoms with Crippen LogP contribution in [0.5, 0.6) is 0 Å². The number of alkyl halides is 1. The number of rotatable bonds is 10. The van der Waals surface area contributed by atoms with Crippen LogP contribution < -0.4 is 0 Å². The van der Waals surface area contributed by atoms with Crippen molar-refractivity contribution in [3.05, 3.63) is 0 Å². The van der Waals surface area contributed by atoms with E-state index in [1.165, 1.54) is 44.9 Å². The molecule has 0 saturated heterocycles. The van der Waals surface area contributed by atoms with Crippen LogP contribution >= 0.6 is 9.24 Å². The van der Waals surface area contributed by atoms with Crippen molar-refractivity contribution in [2.75, 3.05) is 12.8 Å². The van der Waals surface area contributed by atoms with Gasteiger partial charge in [0, 0.05) is 0 Å². The molecule has 0 N–H and O–H groups in total. The van der Waals surface area contributed by atoms with Crippen LogP contribution in [-0.2, 0) is 0 Å². The number of halogens is 1. The van der Waals surface area contributed by atoms with E-state index >= 15 is 0 Å². The predicted octanol–water partition coefficient (Wildman–Crippen LogP) is 4.88. The molecule has 0 fully saturated rings. The lowest BCUT2D eigenvalue weighted by Crippen LogP contribution is -1.82. The Balaban J connectivity index is 2.76. The van der Waals surface area contributed by atoms with Gasteiger partial charge in [0.25, 0.3) is 0 Å². The van der Waals surface area contributed by atoms with Crippen LogP contribution in [0, 0.1) is 0 Å². The third-order valence-corrected chi connectivity index (χ3v) is 2.61. The first-order chi connectivity index (χ1) is 6.41. The molecule has 0 nitrogen and oxygen atoms in total. The molecule has 0 aromatic rings. The van der Waals surface area contributed by atoms with E-state index in [1.807, 2.05) is 0 Å². The van der Waals surface area contributed by atoms with Gasteiger partial charge in [-0.25, -0.2) is 0 Å². The fourth-order valence-corrected chi connectivity index (χ4v) is 1.67. The van der Waals surface area contributed by atoms with Crippen molar-refractivity contribution in [3.63, 3.8) is 0 Å². The summed E-state index contributed by atoms with van der Waals surface area (Å²) in [4.78, 5) is 0. The van der Waals surface area contributed by atoms with E-state index in [0.717, 1.165) is 19.0 Å². The molecule has 0 unspecified atom stereocenters. The van der Waals surface area contributed by atoms with E-state index in [4.69, 9.17) is 0 Å². The van der Waals surface area contributed by atoms with Gasteiger partial charge in [-0.15, -0.1) is 0 Å². The largest absolute Gasteiger partial charge is 0.251 e. The summed E-state index contributed by atoms with van der Waals surface area (Å²) >= 11 is 0. The zero-order chi connectivity index (χ0) is 9.78. The lowest BCUT2D eigenvalue weighted by Gasteiger charge is -2.00. The maximum atomic E-state index is 11.7. The number of hydrogen-bond donors (Lipinski definition) is 0. The summed E-state index contributed by atoms with van der Waals surface area (Å²) in [5.41, 5.74) is 0. The predicted molar refractivity (Wildman–Crippen MR) is 59.3 cm³/mol. The molecule has 0 amide bonds. The molecule has 0 spiro atoms. The summed E-state index contributed by atoms with van der Waals surface area (Å²) in [6.45, 7) is -0.137. The highest BCUT2D eigenvalue weighted by Crippen LogP contribution is 2.10. The third kappa shape index (κ3) is 12.4. The summed E-state index contributed by atoms with van der Waals surface area (Å²) in [6, 6.07) is 0. The molecule has 0 rings (SSSR count). The van der Waals surface area contributed by atoms with E-state index in [1.54, 1.807) is 0 Å². The van der Waals surface area contributed by atoms with Gasteiger partial charge in [-0.05, 0) is 28.2 Å². The lowest BCUT2D eigenvalue weighted by molar-refractivity contribution is 0.449. The minimum absolute atomic E-state index is 0.137. The number of unbranched alkanes of at least 4 members (excludes halogenated alkanes) is 8. The van der Waals surface area contributed by atoms with Crippen molar-refractivity contribution in [2.45, 2.75) is 57.8 Å². The average Bonchev–Trinajstić information content (AvgIpc) is 2.16. The fraction of sp³-hybridized carbons (Fsp3) is 1.00. The van der Waals surface area contributed by atoms with Gasteiger partial charge in [-0.1, -0.05) is 44.9 Å². The van der Waals surface area contributed by atoms with Gasteiger partial charge in [0.05, 0.1) is 6.67 Å². The van der Waals surface area contributed by atoms with Crippen molar-refractivity contribution < 1.29 is 4.39 Å². The zero-order valence-corrected chi connectivity index (χ0v) is 9.50. The molecule has 0 aliphatic carbocycles. The van der Waals surface area contributed by atoms with E-state index in [9.17, 15) is 4.39 Å². The molecular formula is C11H22FP. The van der Waals surface area contributed by atoms with Crippen LogP contribution in [0.25, 0.3) is 0 Å². The first kappa shape index (κ1) is 13.4. The molecule has 13 heavy (non-hydrogen) atoms. The molecular weight excluding hydrogens is 182 g/mol. The zero-order valence-electron chi connectivity index (χ0n) is 8.60. The van der Waals surface area contributed by atoms with Gasteiger partial charge in [-0.3, -0.25) is 4.39 Å². The van der Waals surface area contributed by atoms with Crippen LogP contribution in [-0.4, -0.2) is 12.8 Å². The van der Waals surface area contributed by atoms with E-state index in [2.05, 4.69) is 9.24 Å². The Kier molecular flexibility index (Phi) is 12.7. The van der Waals surface area contributed by atoms with Gasteiger partial charge in [0.15, 0.2) is 0 Å². The molecule has 0 aromatic carbocycles. The van der Waals surface area contributed by atoms with Gasteiger partial charge in [0.2, 0.25) is 0 Å². The molecule has 0 heterocycles. The summed E-state index contributed by atoms with van der Waals surface area (Å²) in [5, 5.41) is 0. The van der Waals surface area contributed by atoms with Gasteiger partial charge >= 0.3 is 0 Å². The molecule has 2 heteroatoms. The highest BCUT2D eigenvalue weighted by molar-refractivity contribution is 7.16. The van der Waals surface area contributed by atoms with Gasteiger partial charge in [0.1, 0.15) is 0 Å². The Hall–Kier alpha value is 0.360. The Labute approximate surface area is 84.9 Å². The molecule has 0 atom stereocenters. The second kappa shape index (κ2) is 12.4. The molecule has 0 bridgehead atoms. The smallest absolute Gasteiger partial charge is 0.0894 e. The molecule has 0 aromatic heterocycles. The number of hydrogen-bond acceptors (Lipinski definition) is 0. The van der Waals surface area contributed by atoms with Crippen molar-refractivity contribution in [1.29, 1.82) is 0 Å². The average molecular weight is 204 g/mol. The minimum Gasteiger partial charge on any atom is -0.251 e. The second-order valence-electron chi connectivity index (χ2n) is 3.59. The Morgan fingerprint density at radius 1 is 0.615 bits per heavy atom. The topological polar surface area (TPSA) is 0 Å². The quantitative estimate of drug-likeness (QED) is 0.351. The van der Waals surface area contributed by atoms with Gasteiger partial charge < -0.3 is 0 Å². The van der Waals surface area contributed by atoms with Crippen molar-refractivity contribution in [2.24, 2.45) is 0 Å². The monoisotopic (exact) mass is 204 g/mol. The molecule has 0 aliphatic heterocycles. The fourth-order valence-electron chi connectivity index (χ4n) is 1.44. The molecule has 78 valence electrons. The Bertz CT molecular complexity index is 76.2. The summed E-state index contributed by atoms with van der Waals surface area (Å²) in [7, 11) is 4.17. The Morgan fingerprint density at radius 2 is 1.00 bits per heavy atom. The van der Waals surface area contributed by atoms with E-state index in [-0.39, 0.29) is 6.67 Å². The van der Waals surface area contributed by atoms with Crippen LogP contribution in [0.2, 0.25) is 0 Å². The van der Waals surface area contributed by atoms with Crippen LogP contribution in [0.1, 0.15) is 57.8 Å². The van der Waals surface area contributed by atoms with E-state index < -0.39 is 0 Å². The molecule has 0 aliphatic rings. The summed E-state index contributed by atoms with van der Waals surface area (Å²) in [6.07, 6.45) is 12.0. The van der Waals surface area contributed by atoms with Crippen LogP contribution in [0.3, 0.4) is 0 Å². The standard InChI is InChI=1S/C11H22FP/c12-10-8-6-4-2-1-3-5-7-9-11-13/h1-11H2. The highest BCUT2D eigenvalue weighted by Gasteiger charge is 1.91. The molecule has 2 radical (unpaired) electrons. The first-order valence-electron chi connectivity index (χ1n) is 5.58.